The molecule has 0 saturated heterocycles. The molecule has 0 amide bonds. The van der Waals surface area contributed by atoms with E-state index < -0.39 is 5.09 Å². The first kappa shape index (κ1) is 21.0. The summed E-state index contributed by atoms with van der Waals surface area (Å²) in [5.74, 6) is 2.64. The number of pyridine rings is 1. The van der Waals surface area contributed by atoms with Crippen LogP contribution in [0.15, 0.2) is 36.5 Å². The van der Waals surface area contributed by atoms with E-state index in [0.717, 1.165) is 46.5 Å². The van der Waals surface area contributed by atoms with E-state index in [4.69, 9.17) is 18.9 Å². The van der Waals surface area contributed by atoms with Gasteiger partial charge in [0.15, 0.2) is 35.7 Å². The summed E-state index contributed by atoms with van der Waals surface area (Å²) in [5.41, 5.74) is 3.42. The first-order valence-electron chi connectivity index (χ1n) is 9.51. The molecule has 9 nitrogen and oxygen atoms in total. The van der Waals surface area contributed by atoms with Gasteiger partial charge in [0.1, 0.15) is 13.2 Å². The van der Waals surface area contributed by atoms with E-state index in [9.17, 15) is 10.1 Å². The molecule has 31 heavy (non-hydrogen) atoms. The summed E-state index contributed by atoms with van der Waals surface area (Å²) >= 11 is 0. The number of rotatable bonds is 6. The Bertz CT molecular complexity index is 1170. The van der Waals surface area contributed by atoms with Gasteiger partial charge in [-0.1, -0.05) is 0 Å². The number of methoxy groups -OCH3 is 1. The third-order valence-electron chi connectivity index (χ3n) is 5.32. The van der Waals surface area contributed by atoms with Crippen molar-refractivity contribution in [3.05, 3.63) is 52.2 Å². The maximum Gasteiger partial charge on any atom is 0.294 e. The number of hydrogen-bond acceptors (Lipinski definition) is 7. The Kier molecular flexibility index (Phi) is 5.73. The summed E-state index contributed by atoms with van der Waals surface area (Å²) in [6.45, 7) is 0.922. The fraction of sp³-hybridized carbons (Fsp3) is 0.286. The first-order valence-corrected chi connectivity index (χ1v) is 9.51. The van der Waals surface area contributed by atoms with Gasteiger partial charge in [0.05, 0.1) is 18.1 Å². The maximum atomic E-state index is 10.4. The lowest BCUT2D eigenvalue weighted by molar-refractivity contribution is -0.757. The van der Waals surface area contributed by atoms with Crippen LogP contribution in [0.2, 0.25) is 0 Å². The van der Waals surface area contributed by atoms with Crippen LogP contribution in [-0.2, 0) is 17.8 Å². The van der Waals surface area contributed by atoms with Gasteiger partial charge in [-0.2, -0.15) is 4.57 Å². The van der Waals surface area contributed by atoms with E-state index in [0.29, 0.717) is 11.5 Å². The average molecular weight is 491 g/mol. The lowest BCUT2D eigenvalue weighted by atomic mass is 9.95. The Morgan fingerprint density at radius 1 is 1.16 bits per heavy atom. The molecular weight excluding hydrogens is 472 g/mol. The molecule has 0 spiro atoms. The largest absolute Gasteiger partial charge is 1.00 e. The lowest BCUT2D eigenvalue weighted by Crippen LogP contribution is -3.00. The third-order valence-corrected chi connectivity index (χ3v) is 5.32. The van der Waals surface area contributed by atoms with Crippen LogP contribution in [0.3, 0.4) is 0 Å². The third kappa shape index (κ3) is 3.78. The second-order valence-corrected chi connectivity index (χ2v) is 6.97. The van der Waals surface area contributed by atoms with Gasteiger partial charge in [0.2, 0.25) is 12.5 Å². The Hall–Kier alpha value is -3.27. The highest BCUT2D eigenvalue weighted by atomic mass is 79.9. The molecule has 2 aliphatic rings. The van der Waals surface area contributed by atoms with E-state index in [1.165, 1.54) is 5.56 Å². The van der Waals surface area contributed by atoms with Crippen LogP contribution in [0, 0.1) is 10.1 Å². The molecule has 2 aromatic carbocycles. The SMILES string of the molecule is COc1ccc2cc3[n+](cc2c1OCCO[N+](=O)[O-])CCc1cc2c(cc1-3)OCO2.[Br-]. The van der Waals surface area contributed by atoms with Crippen molar-refractivity contribution in [3.8, 4) is 34.3 Å². The smallest absolute Gasteiger partial charge is 0.294 e. The highest BCUT2D eigenvalue weighted by molar-refractivity contribution is 5.91. The second kappa shape index (κ2) is 8.46. The topological polar surface area (TPSA) is 93.2 Å². The zero-order chi connectivity index (χ0) is 20.7. The maximum absolute atomic E-state index is 10.4. The van der Waals surface area contributed by atoms with Crippen molar-refractivity contribution in [1.82, 2.24) is 0 Å². The van der Waals surface area contributed by atoms with Crippen molar-refractivity contribution in [3.63, 3.8) is 0 Å². The van der Waals surface area contributed by atoms with E-state index in [1.54, 1.807) is 7.11 Å². The van der Waals surface area contributed by atoms with Crippen LogP contribution in [0.1, 0.15) is 5.56 Å². The zero-order valence-corrected chi connectivity index (χ0v) is 18.2. The normalized spacial score (nSPS) is 13.1. The Balaban J connectivity index is 0.00000231. The lowest BCUT2D eigenvalue weighted by Gasteiger charge is -2.18. The number of aromatic nitrogens is 1. The summed E-state index contributed by atoms with van der Waals surface area (Å²) in [6.07, 6.45) is 2.90. The molecule has 5 rings (SSSR count). The molecule has 0 N–H and O–H groups in total. The number of aryl methyl sites for hydroxylation is 2. The number of nitrogens with zero attached hydrogens (tertiary/aromatic N) is 2. The van der Waals surface area contributed by atoms with Gasteiger partial charge in [-0.05, 0) is 35.2 Å². The first-order chi connectivity index (χ1) is 14.6. The summed E-state index contributed by atoms with van der Waals surface area (Å²) in [6, 6.07) is 9.99. The molecule has 0 atom stereocenters. The van der Waals surface area contributed by atoms with E-state index >= 15 is 0 Å². The van der Waals surface area contributed by atoms with Gasteiger partial charge in [0, 0.05) is 12.5 Å². The number of hydrogen-bond donors (Lipinski definition) is 0. The number of ether oxygens (including phenoxy) is 4. The molecule has 0 saturated carbocycles. The van der Waals surface area contributed by atoms with E-state index in [1.807, 2.05) is 24.4 Å². The van der Waals surface area contributed by atoms with Crippen molar-refractivity contribution in [2.45, 2.75) is 13.0 Å². The standard InChI is InChI=1S/C21H19N2O7.BrH/c1-26-18-3-2-13-8-17-15-10-20-19(28-12-29-20)9-14(15)4-5-22(17)11-16(13)21(18)27-6-7-30-23(24)25;/h2-3,8-11H,4-7,12H2,1H3;1H/q+1;/p-1. The Morgan fingerprint density at radius 3 is 2.74 bits per heavy atom. The Labute approximate surface area is 187 Å². The quantitative estimate of drug-likeness (QED) is 0.202. The molecule has 3 aromatic rings. The molecule has 10 heteroatoms. The molecule has 1 aromatic heterocycles. The number of benzene rings is 2. The van der Waals surface area contributed by atoms with Crippen LogP contribution in [0.4, 0.5) is 0 Å². The molecule has 0 radical (unpaired) electrons. The average Bonchev–Trinajstić information content (AvgIpc) is 3.21. The molecule has 0 unspecified atom stereocenters. The summed E-state index contributed by atoms with van der Waals surface area (Å²) in [7, 11) is 1.56. The van der Waals surface area contributed by atoms with E-state index in [-0.39, 0.29) is 37.0 Å². The fourth-order valence-corrected chi connectivity index (χ4v) is 3.96. The van der Waals surface area contributed by atoms with Crippen LogP contribution in [0.25, 0.3) is 22.0 Å². The van der Waals surface area contributed by atoms with Crippen molar-refractivity contribution < 1.29 is 50.4 Å². The number of fused-ring (bicyclic) bond motifs is 5. The number of halogens is 1. The molecular formula is C21H19BrN2O7. The van der Waals surface area contributed by atoms with Gasteiger partial charge in [-0.15, -0.1) is 10.1 Å². The van der Waals surface area contributed by atoms with Crippen LogP contribution < -0.4 is 40.5 Å². The molecule has 0 aliphatic carbocycles. The van der Waals surface area contributed by atoms with Crippen molar-refractivity contribution in [2.75, 3.05) is 27.1 Å². The highest BCUT2D eigenvalue weighted by Crippen LogP contribution is 2.41. The van der Waals surface area contributed by atoms with Gasteiger partial charge in [-0.25, -0.2) is 0 Å². The van der Waals surface area contributed by atoms with Gasteiger partial charge >= 0.3 is 0 Å². The summed E-state index contributed by atoms with van der Waals surface area (Å²) in [4.78, 5) is 14.7. The predicted octanol–water partition coefficient (Wildman–Crippen LogP) is -0.321. The van der Waals surface area contributed by atoms with Crippen LogP contribution >= 0.6 is 0 Å². The minimum atomic E-state index is -0.834. The Morgan fingerprint density at radius 2 is 1.97 bits per heavy atom. The fourth-order valence-electron chi connectivity index (χ4n) is 3.96. The predicted molar refractivity (Wildman–Crippen MR) is 104 cm³/mol. The van der Waals surface area contributed by atoms with Crippen molar-refractivity contribution in [2.24, 2.45) is 0 Å². The monoisotopic (exact) mass is 490 g/mol. The van der Waals surface area contributed by atoms with E-state index in [2.05, 4.69) is 21.5 Å². The van der Waals surface area contributed by atoms with Gasteiger partial charge in [0.25, 0.3) is 5.09 Å². The van der Waals surface area contributed by atoms with Crippen molar-refractivity contribution in [1.29, 1.82) is 0 Å². The van der Waals surface area contributed by atoms with Crippen LogP contribution in [0.5, 0.6) is 23.0 Å². The summed E-state index contributed by atoms with van der Waals surface area (Å²) in [5, 5.41) is 11.4. The van der Waals surface area contributed by atoms with Crippen LogP contribution in [-0.4, -0.2) is 32.2 Å². The van der Waals surface area contributed by atoms with Gasteiger partial charge < -0.3 is 40.8 Å². The molecule has 162 valence electrons. The minimum absolute atomic E-state index is 0. The summed E-state index contributed by atoms with van der Waals surface area (Å²) < 4.78 is 24.5. The molecule has 2 aliphatic heterocycles. The van der Waals surface area contributed by atoms with Gasteiger partial charge in [-0.3, -0.25) is 0 Å². The molecule has 3 heterocycles. The molecule has 0 bridgehead atoms. The second-order valence-electron chi connectivity index (χ2n) is 6.97. The highest BCUT2D eigenvalue weighted by Gasteiger charge is 2.28. The zero-order valence-electron chi connectivity index (χ0n) is 16.6. The minimum Gasteiger partial charge on any atom is -1.00 e. The molecule has 0 fully saturated rings. The van der Waals surface area contributed by atoms with Crippen molar-refractivity contribution >= 4 is 10.8 Å².